The fraction of sp³-hybridized carbons (Fsp3) is 0.500. The summed E-state index contributed by atoms with van der Waals surface area (Å²) < 4.78 is 201. The summed E-state index contributed by atoms with van der Waals surface area (Å²) in [6.07, 6.45) is -5.73. The van der Waals surface area contributed by atoms with Crippen molar-refractivity contribution in [3.05, 3.63) is 93.0 Å². The predicted octanol–water partition coefficient (Wildman–Crippen LogP) is 9.13. The largest absolute Gasteiger partial charge is 0.435 e. The van der Waals surface area contributed by atoms with Crippen LogP contribution >= 0.6 is 11.6 Å². The Morgan fingerprint density at radius 2 is 1.53 bits per heavy atom. The fourth-order valence-electron chi connectivity index (χ4n) is 10.6. The van der Waals surface area contributed by atoms with Crippen molar-refractivity contribution in [1.82, 2.24) is 39.7 Å². The van der Waals surface area contributed by atoms with Gasteiger partial charge in [0.2, 0.25) is 15.9 Å². The van der Waals surface area contributed by atoms with Gasteiger partial charge in [0.1, 0.15) is 40.9 Å². The number of sulfone groups is 1. The molecule has 3 fully saturated rings. The van der Waals surface area contributed by atoms with E-state index in [0.717, 1.165) is 56.8 Å². The molecule has 2 saturated heterocycles. The smallest absolute Gasteiger partial charge is 0.346 e. The molecule has 5 aromatic rings. The monoisotopic (exact) mass is 1160 g/mol. The first-order valence-electron chi connectivity index (χ1n) is 24.6. The van der Waals surface area contributed by atoms with E-state index in [1.165, 1.54) is 36.9 Å². The van der Waals surface area contributed by atoms with Crippen LogP contribution in [0.3, 0.4) is 0 Å². The number of benzene rings is 2. The van der Waals surface area contributed by atoms with Crippen molar-refractivity contribution >= 4 is 60.1 Å². The number of piperidine rings is 2. The summed E-state index contributed by atoms with van der Waals surface area (Å²) in [7, 11) is -8.65. The van der Waals surface area contributed by atoms with Crippen molar-refractivity contribution in [1.29, 1.82) is 0 Å². The van der Waals surface area contributed by atoms with Crippen LogP contribution in [0.4, 0.5) is 54.5 Å². The number of hydrogen-bond donors (Lipinski definition) is 1. The number of carbonyl (C=O) groups excluding carboxylic acids is 2. The van der Waals surface area contributed by atoms with E-state index in [2.05, 4.69) is 37.2 Å². The number of pyridine rings is 1. The van der Waals surface area contributed by atoms with Crippen molar-refractivity contribution < 1.29 is 70.3 Å². The third-order valence-corrected chi connectivity index (χ3v) is 17.9. The highest BCUT2D eigenvalue weighted by atomic mass is 35.5. The first kappa shape index (κ1) is 56.7. The van der Waals surface area contributed by atoms with Crippen LogP contribution < -0.4 is 9.62 Å². The Hall–Kier alpha value is -5.98. The molecule has 5 heterocycles. The Labute approximate surface area is 446 Å². The molecule has 0 bridgehead atoms. The molecule has 3 atom stereocenters. The number of rotatable bonds is 12. The molecule has 0 spiro atoms. The van der Waals surface area contributed by atoms with Gasteiger partial charge in [-0.15, -0.1) is 0 Å². The van der Waals surface area contributed by atoms with Crippen molar-refractivity contribution in [3.63, 3.8) is 0 Å². The Bertz CT molecular complexity index is 3510. The Balaban J connectivity index is 1.22. The Kier molecular flexibility index (Phi) is 14.8. The van der Waals surface area contributed by atoms with Gasteiger partial charge in [0.15, 0.2) is 21.3 Å². The molecule has 2 aromatic carbocycles. The highest BCUT2D eigenvalue weighted by Crippen LogP contribution is 2.68. The molecule has 3 aromatic heterocycles. The number of anilines is 1. The minimum absolute atomic E-state index is 0.0793. The van der Waals surface area contributed by atoms with Crippen molar-refractivity contribution in [2.24, 2.45) is 5.92 Å². The van der Waals surface area contributed by atoms with Crippen LogP contribution in [-0.2, 0) is 56.3 Å². The average Bonchev–Trinajstić information content (AvgIpc) is 4.06. The highest BCUT2D eigenvalue weighted by molar-refractivity contribution is 7.93. The number of hydrogen-bond acceptors (Lipinski definition) is 10. The van der Waals surface area contributed by atoms with Crippen LogP contribution in [0.15, 0.2) is 42.5 Å². The summed E-state index contributed by atoms with van der Waals surface area (Å²) in [4.78, 5) is 37.0. The topological polar surface area (TPSA) is 173 Å². The quantitative estimate of drug-likeness (QED) is 0.0938. The molecule has 2 aliphatic carbocycles. The van der Waals surface area contributed by atoms with Gasteiger partial charge in [-0.1, -0.05) is 30.0 Å². The van der Waals surface area contributed by atoms with Crippen LogP contribution in [-0.4, -0.2) is 119 Å². The summed E-state index contributed by atoms with van der Waals surface area (Å²) in [5.41, 5.74) is -5.58. The zero-order valence-corrected chi connectivity index (χ0v) is 44.4. The number of nitrogens with zero attached hydrogens (tertiary/aromatic N) is 8. The van der Waals surface area contributed by atoms with Crippen molar-refractivity contribution in [2.75, 3.05) is 43.0 Å². The van der Waals surface area contributed by atoms with Gasteiger partial charge in [-0.05, 0) is 113 Å². The molecular weight excluding hydrogens is 1110 g/mol. The highest BCUT2D eigenvalue weighted by Gasteiger charge is 2.68. The summed E-state index contributed by atoms with van der Waals surface area (Å²) >= 11 is 6.80. The van der Waals surface area contributed by atoms with E-state index in [1.54, 1.807) is 0 Å². The maximum Gasteiger partial charge on any atom is 0.435 e. The SMILES string of the molecule is CC(C)(C#Cc1ccc(-c2ccc(Cl)c3c(N(C(=O)N4CCC(N5CCCCC5)CC4)S(C)(=O)=O)nn(CC(F)(F)F)c23)c([C@H](Cc2cc(F)cc(F)c2)NC(=O)Cn2nc(C(F)(F)F)c3c2C(F)(F)[C@@H]2C[C@H]32)n1)S(C)(=O)=O. The van der Waals surface area contributed by atoms with Crippen molar-refractivity contribution in [2.45, 2.75) is 113 Å². The number of nitrogens with one attached hydrogen (secondary N) is 1. The van der Waals surface area contributed by atoms with Gasteiger partial charge in [-0.3, -0.25) is 14.2 Å². The third-order valence-electron chi connectivity index (χ3n) is 14.6. The number of halogens is 11. The molecule has 4 aliphatic rings. The van der Waals surface area contributed by atoms with E-state index < -0.39 is 148 Å². The summed E-state index contributed by atoms with van der Waals surface area (Å²) in [5, 5.41) is 9.10. The van der Waals surface area contributed by atoms with E-state index in [1.807, 2.05) is 0 Å². The second kappa shape index (κ2) is 20.3. The number of alkyl halides is 8. The average molecular weight is 1160 g/mol. The van der Waals surface area contributed by atoms with Gasteiger partial charge in [-0.2, -0.15) is 49.6 Å². The summed E-state index contributed by atoms with van der Waals surface area (Å²) in [6, 6.07) is 4.05. The van der Waals surface area contributed by atoms with E-state index in [0.29, 0.717) is 29.8 Å². The van der Waals surface area contributed by atoms with E-state index in [-0.39, 0.29) is 56.9 Å². The lowest BCUT2D eigenvalue weighted by Gasteiger charge is -2.40. The molecule has 78 heavy (non-hydrogen) atoms. The minimum Gasteiger partial charge on any atom is -0.346 e. The number of carbonyl (C=O) groups is 2. The molecule has 420 valence electrons. The molecular formula is C50H50ClF10N9O6S2. The summed E-state index contributed by atoms with van der Waals surface area (Å²) in [5.74, 6) is -5.72. The summed E-state index contributed by atoms with van der Waals surface area (Å²) in [6.45, 7) is 1.17. The molecule has 0 radical (unpaired) electrons. The predicted molar refractivity (Wildman–Crippen MR) is 265 cm³/mol. The number of fused-ring (bicyclic) bond motifs is 4. The van der Waals surface area contributed by atoms with Crippen LogP contribution in [0, 0.1) is 29.4 Å². The van der Waals surface area contributed by atoms with Gasteiger partial charge >= 0.3 is 18.4 Å². The zero-order chi connectivity index (χ0) is 56.8. The Morgan fingerprint density at radius 3 is 2.13 bits per heavy atom. The molecule has 0 unspecified atom stereocenters. The van der Waals surface area contributed by atoms with E-state index in [9.17, 15) is 61.5 Å². The lowest BCUT2D eigenvalue weighted by Crippen LogP contribution is -2.52. The number of likely N-dealkylation sites (tertiary alicyclic amines) is 2. The van der Waals surface area contributed by atoms with Crippen LogP contribution in [0.1, 0.15) is 98.2 Å². The number of sulfonamides is 1. The van der Waals surface area contributed by atoms with Crippen LogP contribution in [0.25, 0.3) is 22.0 Å². The van der Waals surface area contributed by atoms with Gasteiger partial charge in [0.05, 0.1) is 33.9 Å². The van der Waals surface area contributed by atoms with Gasteiger partial charge < -0.3 is 15.1 Å². The molecule has 28 heteroatoms. The zero-order valence-electron chi connectivity index (χ0n) is 42.0. The molecule has 1 N–H and O–H groups in total. The number of urea groups is 1. The fourth-order valence-corrected chi connectivity index (χ4v) is 11.9. The van der Waals surface area contributed by atoms with E-state index >= 15 is 8.78 Å². The minimum atomic E-state index is -5.22. The van der Waals surface area contributed by atoms with E-state index in [4.69, 9.17) is 11.6 Å². The first-order chi connectivity index (χ1) is 36.2. The third kappa shape index (κ3) is 11.3. The standard InChI is InChI=1S/C50H50ClF10N9O6S2/c1-47(2,77(3,73)74)15-12-30-8-9-32(41(62-30)37(22-27-20-28(52)23-29(53)21-27)63-38(71)25-68-44-39(43(64-68)50(59,60)61)34-24-35(34)49(44,57)58)33-10-11-36(51)40-42(33)69(26-48(54,55)56)65-45(40)70(78(4,75)76)46(72)67-18-13-31(14-19-67)66-16-6-5-7-17-66/h8-11,20-21,23,31,34-35,37H,5-7,13-14,16-19,22,24-26H2,1-4H3,(H,63,71)/t34-,35+,37-/m0/s1. The second-order valence-electron chi connectivity index (χ2n) is 20.6. The molecule has 3 amide bonds. The maximum atomic E-state index is 15.7. The van der Waals surface area contributed by atoms with Crippen LogP contribution in [0.2, 0.25) is 5.02 Å². The second-order valence-corrected chi connectivity index (χ2v) is 25.4. The maximum absolute atomic E-state index is 15.7. The lowest BCUT2D eigenvalue weighted by molar-refractivity contribution is -0.143. The molecule has 9 rings (SSSR count). The van der Waals surface area contributed by atoms with Crippen LogP contribution in [0.5, 0.6) is 0 Å². The lowest BCUT2D eigenvalue weighted by atomic mass is 9.93. The van der Waals surface area contributed by atoms with Gasteiger partial charge in [-0.25, -0.2) is 35.4 Å². The molecule has 1 saturated carbocycles. The Morgan fingerprint density at radius 1 is 0.885 bits per heavy atom. The molecule has 2 aliphatic heterocycles. The van der Waals surface area contributed by atoms with Crippen molar-refractivity contribution in [3.8, 4) is 23.0 Å². The van der Waals surface area contributed by atoms with Gasteiger partial charge in [0, 0.05) is 54.1 Å². The number of amides is 3. The normalized spacial score (nSPS) is 19.5. The first-order valence-corrected chi connectivity index (χ1v) is 28.7. The number of aromatic nitrogens is 5. The molecule has 15 nitrogen and oxygen atoms in total. The van der Waals surface area contributed by atoms with Gasteiger partial charge in [0.25, 0.3) is 5.92 Å².